The largest absolute Gasteiger partial charge is 0.373 e. The van der Waals surface area contributed by atoms with Gasteiger partial charge in [-0.25, -0.2) is 0 Å². The van der Waals surface area contributed by atoms with Crippen LogP contribution in [0.2, 0.25) is 0 Å². The topological polar surface area (TPSA) is 32.8 Å². The van der Waals surface area contributed by atoms with Gasteiger partial charge in [-0.15, -0.1) is 0 Å². The molecule has 0 radical (unpaired) electrons. The molecule has 1 aliphatic heterocycles. The van der Waals surface area contributed by atoms with Gasteiger partial charge in [0, 0.05) is 32.1 Å². The van der Waals surface area contributed by atoms with E-state index in [1.807, 2.05) is 4.90 Å². The van der Waals surface area contributed by atoms with Crippen molar-refractivity contribution in [2.24, 2.45) is 11.8 Å². The average Bonchev–Trinajstić information content (AvgIpc) is 3.31. The van der Waals surface area contributed by atoms with E-state index in [0.717, 1.165) is 44.8 Å². The maximum absolute atomic E-state index is 12.6. The molecule has 1 amide bonds. The highest BCUT2D eigenvalue weighted by Gasteiger charge is 2.30. The second-order valence-electron chi connectivity index (χ2n) is 6.92. The zero-order chi connectivity index (χ0) is 14.7. The van der Waals surface area contributed by atoms with Gasteiger partial charge >= 0.3 is 0 Å². The number of amides is 1. The average molecular weight is 292 g/mol. The fraction of sp³-hybridized carbons (Fsp3) is 0.824. The molecule has 2 aliphatic carbocycles. The Morgan fingerprint density at radius 2 is 2.14 bits per heavy atom. The molecule has 1 saturated heterocycles. The Hall–Kier alpha value is -0.870. The number of allylic oxidation sites excluding steroid dienone is 2. The van der Waals surface area contributed by atoms with Gasteiger partial charge in [-0.2, -0.15) is 0 Å². The third kappa shape index (κ3) is 4.30. The first-order chi connectivity index (χ1) is 10.2. The minimum atomic E-state index is 0.186. The Morgan fingerprint density at radius 1 is 1.29 bits per heavy atom. The quantitative estimate of drug-likeness (QED) is 0.726. The second-order valence-corrected chi connectivity index (χ2v) is 6.92. The maximum atomic E-state index is 12.6. The van der Waals surface area contributed by atoms with Crippen LogP contribution in [0.25, 0.3) is 0 Å². The van der Waals surface area contributed by atoms with E-state index in [2.05, 4.69) is 24.1 Å². The van der Waals surface area contributed by atoms with Gasteiger partial charge in [-0.05, 0) is 45.1 Å². The van der Waals surface area contributed by atoms with Gasteiger partial charge in [-0.3, -0.25) is 4.79 Å². The Balaban J connectivity index is 1.47. The van der Waals surface area contributed by atoms with Crippen molar-refractivity contribution in [1.82, 2.24) is 9.80 Å². The van der Waals surface area contributed by atoms with Crippen molar-refractivity contribution >= 4 is 5.91 Å². The minimum Gasteiger partial charge on any atom is -0.373 e. The Bertz CT molecular complexity index is 392. The summed E-state index contributed by atoms with van der Waals surface area (Å²) in [6, 6.07) is 0. The highest BCUT2D eigenvalue weighted by Crippen LogP contribution is 2.29. The number of morpholine rings is 1. The highest BCUT2D eigenvalue weighted by atomic mass is 16.5. The number of carbonyl (C=O) groups is 1. The molecule has 0 spiro atoms. The van der Waals surface area contributed by atoms with E-state index in [-0.39, 0.29) is 12.0 Å². The van der Waals surface area contributed by atoms with E-state index in [1.165, 1.54) is 19.4 Å². The molecular formula is C17H28N2O2. The Labute approximate surface area is 128 Å². The monoisotopic (exact) mass is 292 g/mol. The van der Waals surface area contributed by atoms with E-state index >= 15 is 0 Å². The van der Waals surface area contributed by atoms with E-state index in [9.17, 15) is 4.79 Å². The van der Waals surface area contributed by atoms with Crippen LogP contribution in [0.4, 0.5) is 0 Å². The lowest BCUT2D eigenvalue weighted by atomic mass is 9.93. The summed E-state index contributed by atoms with van der Waals surface area (Å²) in [6.07, 6.45) is 10.3. The van der Waals surface area contributed by atoms with Crippen LogP contribution in [-0.4, -0.2) is 61.6 Å². The lowest BCUT2D eigenvalue weighted by molar-refractivity contribution is -0.144. The molecule has 1 heterocycles. The molecule has 4 nitrogen and oxygen atoms in total. The van der Waals surface area contributed by atoms with Crippen molar-refractivity contribution in [1.29, 1.82) is 0 Å². The molecular weight excluding hydrogens is 264 g/mol. The lowest BCUT2D eigenvalue weighted by Crippen LogP contribution is -2.51. The van der Waals surface area contributed by atoms with E-state index in [0.29, 0.717) is 12.5 Å². The maximum Gasteiger partial charge on any atom is 0.226 e. The van der Waals surface area contributed by atoms with E-state index in [1.54, 1.807) is 0 Å². The van der Waals surface area contributed by atoms with Crippen LogP contribution in [0.15, 0.2) is 12.2 Å². The third-order valence-electron chi connectivity index (χ3n) is 4.85. The van der Waals surface area contributed by atoms with Gasteiger partial charge in [0.2, 0.25) is 5.91 Å². The van der Waals surface area contributed by atoms with Crippen LogP contribution in [0.3, 0.4) is 0 Å². The molecule has 0 N–H and O–H groups in total. The van der Waals surface area contributed by atoms with Crippen molar-refractivity contribution in [3.8, 4) is 0 Å². The normalized spacial score (nSPS) is 29.9. The summed E-state index contributed by atoms with van der Waals surface area (Å²) in [5, 5.41) is 0. The van der Waals surface area contributed by atoms with Gasteiger partial charge in [0.05, 0.1) is 12.7 Å². The van der Waals surface area contributed by atoms with E-state index in [4.69, 9.17) is 4.74 Å². The molecule has 21 heavy (non-hydrogen) atoms. The Kier molecular flexibility index (Phi) is 4.96. The summed E-state index contributed by atoms with van der Waals surface area (Å²) in [5.41, 5.74) is 0. The van der Waals surface area contributed by atoms with Crippen LogP contribution < -0.4 is 0 Å². The summed E-state index contributed by atoms with van der Waals surface area (Å²) in [4.78, 5) is 17.0. The van der Waals surface area contributed by atoms with Crippen molar-refractivity contribution in [2.75, 3.05) is 39.8 Å². The SMILES string of the molecule is CN(CC1CC1)C[C@H]1CN(C(=O)[C@H]2CC=CCC2)CCO1. The van der Waals surface area contributed by atoms with Gasteiger partial charge in [0.25, 0.3) is 0 Å². The molecule has 0 aromatic rings. The number of hydrogen-bond donors (Lipinski definition) is 0. The third-order valence-corrected chi connectivity index (χ3v) is 4.85. The standard InChI is InChI=1S/C17H28N2O2/c1-18(11-14-7-8-14)12-16-13-19(9-10-21-16)17(20)15-5-3-2-4-6-15/h2-3,14-16H,4-13H2,1H3/t15-,16-/m0/s1. The molecule has 0 aromatic heterocycles. The van der Waals surface area contributed by atoms with Crippen molar-refractivity contribution in [3.63, 3.8) is 0 Å². The first-order valence-corrected chi connectivity index (χ1v) is 8.46. The summed E-state index contributed by atoms with van der Waals surface area (Å²) in [5.74, 6) is 1.46. The Morgan fingerprint density at radius 3 is 2.86 bits per heavy atom. The molecule has 3 rings (SSSR count). The van der Waals surface area contributed by atoms with Gasteiger partial charge in [0.1, 0.15) is 0 Å². The number of ether oxygens (including phenoxy) is 1. The van der Waals surface area contributed by atoms with Crippen LogP contribution in [0.5, 0.6) is 0 Å². The molecule has 1 saturated carbocycles. The highest BCUT2D eigenvalue weighted by molar-refractivity contribution is 5.79. The van der Waals surface area contributed by atoms with Crippen LogP contribution in [0, 0.1) is 11.8 Å². The molecule has 2 atom stereocenters. The first kappa shape index (κ1) is 15.0. The fourth-order valence-electron chi connectivity index (χ4n) is 3.47. The van der Waals surface area contributed by atoms with Crippen molar-refractivity contribution in [2.45, 2.75) is 38.2 Å². The zero-order valence-electron chi connectivity index (χ0n) is 13.2. The number of likely N-dealkylation sites (N-methyl/N-ethyl adjacent to an activating group) is 1. The second kappa shape index (κ2) is 6.93. The molecule has 0 aromatic carbocycles. The van der Waals surface area contributed by atoms with Gasteiger partial charge < -0.3 is 14.5 Å². The predicted octanol–water partition coefficient (Wildman–Crippen LogP) is 1.91. The molecule has 2 fully saturated rings. The number of rotatable bonds is 5. The summed E-state index contributed by atoms with van der Waals surface area (Å²) >= 11 is 0. The molecule has 118 valence electrons. The minimum absolute atomic E-state index is 0.186. The fourth-order valence-corrected chi connectivity index (χ4v) is 3.47. The molecule has 4 heteroatoms. The van der Waals surface area contributed by atoms with Crippen molar-refractivity contribution in [3.05, 3.63) is 12.2 Å². The van der Waals surface area contributed by atoms with Crippen molar-refractivity contribution < 1.29 is 9.53 Å². The van der Waals surface area contributed by atoms with Crippen LogP contribution in [0.1, 0.15) is 32.1 Å². The predicted molar refractivity (Wildman–Crippen MR) is 83.0 cm³/mol. The van der Waals surface area contributed by atoms with E-state index < -0.39 is 0 Å². The van der Waals surface area contributed by atoms with Gasteiger partial charge in [-0.1, -0.05) is 12.2 Å². The molecule has 0 unspecified atom stereocenters. The van der Waals surface area contributed by atoms with Gasteiger partial charge in [0.15, 0.2) is 0 Å². The molecule has 3 aliphatic rings. The van der Waals surface area contributed by atoms with Crippen LogP contribution >= 0.6 is 0 Å². The summed E-state index contributed by atoms with van der Waals surface area (Å²) in [7, 11) is 2.17. The first-order valence-electron chi connectivity index (χ1n) is 8.46. The summed E-state index contributed by atoms with van der Waals surface area (Å²) < 4.78 is 5.87. The number of hydrogen-bond acceptors (Lipinski definition) is 3. The number of carbonyl (C=O) groups excluding carboxylic acids is 1. The number of nitrogens with zero attached hydrogens (tertiary/aromatic N) is 2. The molecule has 0 bridgehead atoms. The smallest absolute Gasteiger partial charge is 0.226 e. The lowest BCUT2D eigenvalue weighted by Gasteiger charge is -2.36. The van der Waals surface area contributed by atoms with Crippen LogP contribution in [-0.2, 0) is 9.53 Å². The summed E-state index contributed by atoms with van der Waals surface area (Å²) in [6.45, 7) is 4.36. The zero-order valence-corrected chi connectivity index (χ0v) is 13.2.